The summed E-state index contributed by atoms with van der Waals surface area (Å²) < 4.78 is 0. The fourth-order valence-electron chi connectivity index (χ4n) is 1.26. The highest BCUT2D eigenvalue weighted by molar-refractivity contribution is 5.75. The molecular weight excluding hydrogens is 176 g/mol. The smallest absolute Gasteiger partial charge is 0.222 e. The van der Waals surface area contributed by atoms with Gasteiger partial charge in [0.1, 0.15) is 0 Å². The van der Waals surface area contributed by atoms with Gasteiger partial charge in [-0.15, -0.1) is 6.58 Å². The molecule has 0 fully saturated rings. The molecule has 0 aromatic carbocycles. The normalized spacial score (nSPS) is 9.86. The van der Waals surface area contributed by atoms with Gasteiger partial charge in [0.2, 0.25) is 5.91 Å². The van der Waals surface area contributed by atoms with Crippen LogP contribution in [0, 0.1) is 0 Å². The highest BCUT2D eigenvalue weighted by Gasteiger charge is 2.05. The van der Waals surface area contributed by atoms with Crippen molar-refractivity contribution in [2.75, 3.05) is 20.1 Å². The number of hydrogen-bond donors (Lipinski definition) is 1. The molecule has 14 heavy (non-hydrogen) atoms. The van der Waals surface area contributed by atoms with Gasteiger partial charge in [-0.1, -0.05) is 18.9 Å². The van der Waals surface area contributed by atoms with E-state index in [0.29, 0.717) is 13.0 Å². The zero-order valence-corrected chi connectivity index (χ0v) is 9.17. The Kier molecular flexibility index (Phi) is 8.24. The van der Waals surface area contributed by atoms with E-state index in [0.717, 1.165) is 32.2 Å². The number of carbonyl (C=O) groups excluding carboxylic acids is 1. The first-order valence-corrected chi connectivity index (χ1v) is 5.27. The van der Waals surface area contributed by atoms with Crippen molar-refractivity contribution in [2.24, 2.45) is 5.73 Å². The lowest BCUT2D eigenvalue weighted by atomic mass is 10.1. The first-order valence-electron chi connectivity index (χ1n) is 5.27. The first kappa shape index (κ1) is 13.2. The predicted molar refractivity (Wildman–Crippen MR) is 60.0 cm³/mol. The van der Waals surface area contributed by atoms with Gasteiger partial charge < -0.3 is 10.6 Å². The molecule has 3 heteroatoms. The molecule has 82 valence electrons. The van der Waals surface area contributed by atoms with Crippen LogP contribution in [-0.2, 0) is 4.79 Å². The minimum absolute atomic E-state index is 0.206. The third-order valence-corrected chi connectivity index (χ3v) is 2.17. The van der Waals surface area contributed by atoms with Crippen molar-refractivity contribution >= 4 is 5.91 Å². The maximum Gasteiger partial charge on any atom is 0.222 e. The van der Waals surface area contributed by atoms with E-state index in [9.17, 15) is 4.79 Å². The molecule has 0 rings (SSSR count). The van der Waals surface area contributed by atoms with Crippen LogP contribution in [0.3, 0.4) is 0 Å². The van der Waals surface area contributed by atoms with Crippen molar-refractivity contribution in [3.8, 4) is 0 Å². The third kappa shape index (κ3) is 6.66. The Bertz CT molecular complexity index is 169. The molecule has 0 aliphatic heterocycles. The van der Waals surface area contributed by atoms with Gasteiger partial charge in [0.25, 0.3) is 0 Å². The van der Waals surface area contributed by atoms with Crippen LogP contribution in [0.1, 0.15) is 32.1 Å². The quantitative estimate of drug-likeness (QED) is 0.475. The second kappa shape index (κ2) is 8.75. The summed E-state index contributed by atoms with van der Waals surface area (Å²) in [6.07, 6.45) is 6.66. The second-order valence-electron chi connectivity index (χ2n) is 3.52. The Morgan fingerprint density at radius 1 is 1.36 bits per heavy atom. The lowest BCUT2D eigenvalue weighted by Crippen LogP contribution is -2.26. The van der Waals surface area contributed by atoms with Gasteiger partial charge in [-0.05, 0) is 19.4 Å². The van der Waals surface area contributed by atoms with Crippen LogP contribution < -0.4 is 5.73 Å². The lowest BCUT2D eigenvalue weighted by Gasteiger charge is -2.14. The van der Waals surface area contributed by atoms with E-state index >= 15 is 0 Å². The number of carbonyl (C=O) groups is 1. The van der Waals surface area contributed by atoms with Crippen LogP contribution in [0.4, 0.5) is 0 Å². The largest absolute Gasteiger partial charge is 0.342 e. The van der Waals surface area contributed by atoms with Crippen molar-refractivity contribution in [1.82, 2.24) is 4.90 Å². The van der Waals surface area contributed by atoms with E-state index in [-0.39, 0.29) is 5.91 Å². The number of rotatable bonds is 8. The summed E-state index contributed by atoms with van der Waals surface area (Å²) in [7, 11) is 1.81. The zero-order chi connectivity index (χ0) is 10.8. The summed E-state index contributed by atoms with van der Waals surface area (Å²) in [6, 6.07) is 0. The Hall–Kier alpha value is -0.830. The molecule has 2 N–H and O–H groups in total. The molecule has 0 aromatic heterocycles. The van der Waals surface area contributed by atoms with Crippen LogP contribution in [-0.4, -0.2) is 30.9 Å². The number of hydrogen-bond acceptors (Lipinski definition) is 2. The van der Waals surface area contributed by atoms with E-state index in [4.69, 9.17) is 5.73 Å². The fraction of sp³-hybridized carbons (Fsp3) is 0.727. The average Bonchev–Trinajstić information content (AvgIpc) is 2.17. The van der Waals surface area contributed by atoms with E-state index in [2.05, 4.69) is 6.58 Å². The Morgan fingerprint density at radius 2 is 2.00 bits per heavy atom. The number of unbranched alkanes of at least 4 members (excludes halogenated alkanes) is 3. The lowest BCUT2D eigenvalue weighted by molar-refractivity contribution is -0.129. The molecule has 0 bridgehead atoms. The van der Waals surface area contributed by atoms with Gasteiger partial charge in [-0.2, -0.15) is 0 Å². The summed E-state index contributed by atoms with van der Waals surface area (Å²) in [5.41, 5.74) is 5.37. The number of nitrogens with zero attached hydrogens (tertiary/aromatic N) is 1. The predicted octanol–water partition coefficient (Wildman–Crippen LogP) is 1.54. The Labute approximate surface area is 87.0 Å². The number of amides is 1. The molecule has 0 aromatic rings. The molecule has 0 atom stereocenters. The van der Waals surface area contributed by atoms with Crippen molar-refractivity contribution in [2.45, 2.75) is 32.1 Å². The summed E-state index contributed by atoms with van der Waals surface area (Å²) in [5.74, 6) is 0.206. The van der Waals surface area contributed by atoms with Gasteiger partial charge in [-0.25, -0.2) is 0 Å². The standard InChI is InChI=1S/C11H22N2O/c1-3-10-13(2)11(14)8-6-4-5-7-9-12/h3H,1,4-10,12H2,2H3. The molecule has 3 nitrogen and oxygen atoms in total. The van der Waals surface area contributed by atoms with Crippen molar-refractivity contribution in [3.05, 3.63) is 12.7 Å². The fourth-order valence-corrected chi connectivity index (χ4v) is 1.26. The highest BCUT2D eigenvalue weighted by Crippen LogP contribution is 2.04. The van der Waals surface area contributed by atoms with Crippen LogP contribution in [0.25, 0.3) is 0 Å². The van der Waals surface area contributed by atoms with Gasteiger partial charge in [0.05, 0.1) is 0 Å². The number of likely N-dealkylation sites (N-methyl/N-ethyl adjacent to an activating group) is 1. The number of nitrogens with two attached hydrogens (primary N) is 1. The van der Waals surface area contributed by atoms with E-state index in [1.807, 2.05) is 7.05 Å². The van der Waals surface area contributed by atoms with Crippen molar-refractivity contribution in [1.29, 1.82) is 0 Å². The first-order chi connectivity index (χ1) is 6.72. The summed E-state index contributed by atoms with van der Waals surface area (Å²) in [5, 5.41) is 0. The highest BCUT2D eigenvalue weighted by atomic mass is 16.2. The Morgan fingerprint density at radius 3 is 2.57 bits per heavy atom. The minimum Gasteiger partial charge on any atom is -0.342 e. The van der Waals surface area contributed by atoms with Gasteiger partial charge >= 0.3 is 0 Å². The molecule has 0 radical (unpaired) electrons. The molecule has 0 unspecified atom stereocenters. The summed E-state index contributed by atoms with van der Waals surface area (Å²) in [6.45, 7) is 4.99. The molecule has 0 saturated carbocycles. The van der Waals surface area contributed by atoms with Gasteiger partial charge in [0, 0.05) is 20.0 Å². The molecule has 0 aliphatic carbocycles. The molecule has 0 saturated heterocycles. The van der Waals surface area contributed by atoms with Gasteiger partial charge in [-0.3, -0.25) is 4.79 Å². The SMILES string of the molecule is C=CCN(C)C(=O)CCCCCCN. The topological polar surface area (TPSA) is 46.3 Å². The monoisotopic (exact) mass is 198 g/mol. The zero-order valence-electron chi connectivity index (χ0n) is 9.17. The maximum absolute atomic E-state index is 11.4. The maximum atomic E-state index is 11.4. The van der Waals surface area contributed by atoms with Crippen molar-refractivity contribution in [3.63, 3.8) is 0 Å². The molecule has 0 heterocycles. The average molecular weight is 198 g/mol. The van der Waals surface area contributed by atoms with Gasteiger partial charge in [0.15, 0.2) is 0 Å². The summed E-state index contributed by atoms with van der Waals surface area (Å²) in [4.78, 5) is 13.1. The van der Waals surface area contributed by atoms with Crippen molar-refractivity contribution < 1.29 is 4.79 Å². The molecule has 1 amide bonds. The van der Waals surface area contributed by atoms with Crippen LogP contribution in [0.5, 0.6) is 0 Å². The molecular formula is C11H22N2O. The van der Waals surface area contributed by atoms with E-state index in [1.165, 1.54) is 0 Å². The van der Waals surface area contributed by atoms with E-state index in [1.54, 1.807) is 11.0 Å². The Balaban J connectivity index is 3.38. The van der Waals surface area contributed by atoms with Crippen LogP contribution in [0.2, 0.25) is 0 Å². The van der Waals surface area contributed by atoms with Crippen LogP contribution >= 0.6 is 0 Å². The minimum atomic E-state index is 0.206. The molecule has 0 aliphatic rings. The van der Waals surface area contributed by atoms with Crippen LogP contribution in [0.15, 0.2) is 12.7 Å². The second-order valence-corrected chi connectivity index (χ2v) is 3.52. The van der Waals surface area contributed by atoms with E-state index < -0.39 is 0 Å². The third-order valence-electron chi connectivity index (χ3n) is 2.17. The molecule has 0 spiro atoms. The summed E-state index contributed by atoms with van der Waals surface area (Å²) >= 11 is 0.